The zero-order chi connectivity index (χ0) is 13.5. The molecule has 6 nitrogen and oxygen atoms in total. The lowest BCUT2D eigenvalue weighted by atomic mass is 10.1. The Balaban J connectivity index is 1.63. The van der Waals surface area contributed by atoms with Crippen molar-refractivity contribution < 1.29 is 0 Å². The summed E-state index contributed by atoms with van der Waals surface area (Å²) in [5.74, 6) is 2.97. The van der Waals surface area contributed by atoms with E-state index in [1.54, 1.807) is 17.2 Å². The zero-order valence-corrected chi connectivity index (χ0v) is 11.2. The minimum Gasteiger partial charge on any atom is -0.393 e. The Morgan fingerprint density at radius 1 is 1.20 bits per heavy atom. The van der Waals surface area contributed by atoms with E-state index in [9.17, 15) is 0 Å². The maximum atomic E-state index is 6.22. The molecule has 0 aromatic carbocycles. The van der Waals surface area contributed by atoms with Crippen LogP contribution >= 0.6 is 0 Å². The van der Waals surface area contributed by atoms with Crippen molar-refractivity contribution >= 4 is 11.5 Å². The third-order valence-electron chi connectivity index (χ3n) is 4.15. The van der Waals surface area contributed by atoms with Crippen molar-refractivity contribution in [2.24, 2.45) is 11.8 Å². The van der Waals surface area contributed by atoms with Crippen LogP contribution in [0.5, 0.6) is 0 Å². The first-order valence-corrected chi connectivity index (χ1v) is 7.20. The minimum atomic E-state index is 0.526. The topological polar surface area (TPSA) is 81.6 Å². The third-order valence-corrected chi connectivity index (χ3v) is 4.15. The van der Waals surface area contributed by atoms with Gasteiger partial charge in [0.25, 0.3) is 0 Å². The van der Waals surface area contributed by atoms with Gasteiger partial charge in [0.2, 0.25) is 0 Å². The van der Waals surface area contributed by atoms with Gasteiger partial charge in [0.15, 0.2) is 11.6 Å². The standard InChI is InChI=1S/C14H18N6/c15-11-13(19-12(9-2-3-9)10-4-5-10)16-8-17-14(11)20-7-1-6-18-20/h1,6-10,12H,2-5,15H2,(H,16,17,19). The van der Waals surface area contributed by atoms with E-state index < -0.39 is 0 Å². The molecule has 2 saturated carbocycles. The van der Waals surface area contributed by atoms with Gasteiger partial charge in [0, 0.05) is 18.4 Å². The van der Waals surface area contributed by atoms with Crippen LogP contribution < -0.4 is 11.1 Å². The molecule has 2 aromatic heterocycles. The molecule has 0 atom stereocenters. The van der Waals surface area contributed by atoms with Crippen molar-refractivity contribution in [3.8, 4) is 5.82 Å². The van der Waals surface area contributed by atoms with E-state index in [2.05, 4.69) is 20.4 Å². The summed E-state index contributed by atoms with van der Waals surface area (Å²) >= 11 is 0. The summed E-state index contributed by atoms with van der Waals surface area (Å²) < 4.78 is 1.67. The molecule has 0 spiro atoms. The van der Waals surface area contributed by atoms with Crippen molar-refractivity contribution in [2.75, 3.05) is 11.1 Å². The monoisotopic (exact) mass is 270 g/mol. The van der Waals surface area contributed by atoms with E-state index >= 15 is 0 Å². The van der Waals surface area contributed by atoms with Crippen LogP contribution in [0.1, 0.15) is 25.7 Å². The second kappa shape index (κ2) is 4.47. The first-order valence-electron chi connectivity index (χ1n) is 7.20. The lowest BCUT2D eigenvalue weighted by Crippen LogP contribution is -2.26. The molecule has 2 heterocycles. The molecule has 104 valence electrons. The fourth-order valence-electron chi connectivity index (χ4n) is 2.77. The van der Waals surface area contributed by atoms with Gasteiger partial charge in [-0.25, -0.2) is 14.6 Å². The number of nitrogens with two attached hydrogens (primary N) is 1. The predicted octanol–water partition coefficient (Wildman–Crippen LogP) is 1.85. The fourth-order valence-corrected chi connectivity index (χ4v) is 2.77. The van der Waals surface area contributed by atoms with Crippen molar-refractivity contribution in [3.05, 3.63) is 24.8 Å². The smallest absolute Gasteiger partial charge is 0.181 e. The summed E-state index contributed by atoms with van der Waals surface area (Å²) in [5.41, 5.74) is 6.79. The molecule has 0 saturated heterocycles. The highest BCUT2D eigenvalue weighted by Crippen LogP contribution is 2.46. The zero-order valence-electron chi connectivity index (χ0n) is 11.2. The molecule has 2 aliphatic rings. The molecule has 2 fully saturated rings. The summed E-state index contributed by atoms with van der Waals surface area (Å²) in [6.07, 6.45) is 10.4. The fraction of sp³-hybridized carbons (Fsp3) is 0.500. The normalized spacial score (nSPS) is 18.4. The Morgan fingerprint density at radius 2 is 1.95 bits per heavy atom. The van der Waals surface area contributed by atoms with Gasteiger partial charge in [-0.3, -0.25) is 0 Å². The molecule has 20 heavy (non-hydrogen) atoms. The van der Waals surface area contributed by atoms with Crippen LogP contribution in [-0.2, 0) is 0 Å². The highest BCUT2D eigenvalue weighted by atomic mass is 15.3. The van der Waals surface area contributed by atoms with E-state index in [-0.39, 0.29) is 0 Å². The Kier molecular flexibility index (Phi) is 2.61. The number of nitrogen functional groups attached to an aromatic ring is 1. The largest absolute Gasteiger partial charge is 0.393 e. The van der Waals surface area contributed by atoms with Crippen LogP contribution in [0, 0.1) is 11.8 Å². The molecule has 0 radical (unpaired) electrons. The van der Waals surface area contributed by atoms with Gasteiger partial charge in [-0.2, -0.15) is 5.10 Å². The number of aromatic nitrogens is 4. The molecule has 0 amide bonds. The molecular weight excluding hydrogens is 252 g/mol. The number of nitrogens with zero attached hydrogens (tertiary/aromatic N) is 4. The molecule has 0 bridgehead atoms. The van der Waals surface area contributed by atoms with Crippen LogP contribution in [0.15, 0.2) is 24.8 Å². The van der Waals surface area contributed by atoms with Crippen LogP contribution in [0.2, 0.25) is 0 Å². The molecule has 3 N–H and O–H groups in total. The van der Waals surface area contributed by atoms with Gasteiger partial charge in [-0.1, -0.05) is 0 Å². The lowest BCUT2D eigenvalue weighted by molar-refractivity contribution is 0.565. The second-order valence-electron chi connectivity index (χ2n) is 5.76. The van der Waals surface area contributed by atoms with Crippen LogP contribution in [0.4, 0.5) is 11.5 Å². The SMILES string of the molecule is Nc1c(NC(C2CC2)C2CC2)ncnc1-n1cccn1. The molecule has 2 aliphatic carbocycles. The number of anilines is 2. The van der Waals surface area contributed by atoms with E-state index in [0.717, 1.165) is 17.7 Å². The third kappa shape index (κ3) is 2.11. The number of hydrogen-bond donors (Lipinski definition) is 2. The van der Waals surface area contributed by atoms with Gasteiger partial charge in [-0.15, -0.1) is 0 Å². The number of nitrogens with one attached hydrogen (secondary N) is 1. The maximum Gasteiger partial charge on any atom is 0.181 e. The number of hydrogen-bond acceptors (Lipinski definition) is 5. The molecule has 0 aliphatic heterocycles. The van der Waals surface area contributed by atoms with E-state index in [0.29, 0.717) is 17.5 Å². The second-order valence-corrected chi connectivity index (χ2v) is 5.76. The summed E-state index contributed by atoms with van der Waals surface area (Å²) in [5, 5.41) is 7.74. The summed E-state index contributed by atoms with van der Waals surface area (Å²) in [6, 6.07) is 2.38. The molecule has 2 aromatic rings. The predicted molar refractivity (Wildman–Crippen MR) is 76.4 cm³/mol. The van der Waals surface area contributed by atoms with Crippen LogP contribution in [0.25, 0.3) is 5.82 Å². The van der Waals surface area contributed by atoms with Crippen LogP contribution in [-0.4, -0.2) is 25.8 Å². The van der Waals surface area contributed by atoms with Crippen molar-refractivity contribution in [1.82, 2.24) is 19.7 Å². The first-order chi connectivity index (χ1) is 9.83. The minimum absolute atomic E-state index is 0.526. The number of rotatable bonds is 5. The van der Waals surface area contributed by atoms with E-state index in [4.69, 9.17) is 5.73 Å². The molecule has 0 unspecified atom stereocenters. The van der Waals surface area contributed by atoms with Gasteiger partial charge in [-0.05, 0) is 43.6 Å². The van der Waals surface area contributed by atoms with E-state index in [1.807, 2.05) is 12.3 Å². The van der Waals surface area contributed by atoms with Crippen molar-refractivity contribution in [3.63, 3.8) is 0 Å². The summed E-state index contributed by atoms with van der Waals surface area (Å²) in [6.45, 7) is 0. The Hall–Kier alpha value is -2.11. The quantitative estimate of drug-likeness (QED) is 0.866. The maximum absolute atomic E-state index is 6.22. The van der Waals surface area contributed by atoms with Crippen LogP contribution in [0.3, 0.4) is 0 Å². The Morgan fingerprint density at radius 3 is 2.55 bits per heavy atom. The first kappa shape index (κ1) is 11.7. The average molecular weight is 270 g/mol. The van der Waals surface area contributed by atoms with Gasteiger partial charge >= 0.3 is 0 Å². The van der Waals surface area contributed by atoms with Crippen molar-refractivity contribution in [2.45, 2.75) is 31.7 Å². The van der Waals surface area contributed by atoms with Gasteiger partial charge in [0.05, 0.1) is 0 Å². The molecular formula is C14H18N6. The van der Waals surface area contributed by atoms with Crippen molar-refractivity contribution in [1.29, 1.82) is 0 Å². The Bertz CT molecular complexity index is 588. The highest BCUT2D eigenvalue weighted by molar-refractivity contribution is 5.69. The molecule has 6 heteroatoms. The van der Waals surface area contributed by atoms with E-state index in [1.165, 1.54) is 25.7 Å². The lowest BCUT2D eigenvalue weighted by Gasteiger charge is -2.20. The van der Waals surface area contributed by atoms with Gasteiger partial charge < -0.3 is 11.1 Å². The summed E-state index contributed by atoms with van der Waals surface area (Å²) in [7, 11) is 0. The average Bonchev–Trinajstić information content (AvgIpc) is 3.38. The summed E-state index contributed by atoms with van der Waals surface area (Å²) in [4.78, 5) is 8.55. The highest BCUT2D eigenvalue weighted by Gasteiger charge is 2.41. The Labute approximate surface area is 117 Å². The van der Waals surface area contributed by atoms with Gasteiger partial charge in [0.1, 0.15) is 12.0 Å². The molecule has 4 rings (SSSR count).